The third kappa shape index (κ3) is 3.45. The number of nitrogens with two attached hydrogens (primary N) is 1. The monoisotopic (exact) mass is 282 g/mol. The lowest BCUT2D eigenvalue weighted by atomic mass is 10.00. The smallest absolute Gasteiger partial charge is 0.243 e. The van der Waals surface area contributed by atoms with E-state index in [1.165, 1.54) is 0 Å². The van der Waals surface area contributed by atoms with Crippen molar-refractivity contribution in [1.29, 1.82) is 0 Å². The number of benzene rings is 1. The van der Waals surface area contributed by atoms with Crippen molar-refractivity contribution < 1.29 is 4.79 Å². The van der Waals surface area contributed by atoms with E-state index in [9.17, 15) is 4.79 Å². The van der Waals surface area contributed by atoms with Gasteiger partial charge in [-0.3, -0.25) is 10.1 Å². The first-order chi connectivity index (χ1) is 8.61. The highest BCUT2D eigenvalue weighted by Crippen LogP contribution is 2.14. The molecule has 19 heavy (non-hydrogen) atoms. The quantitative estimate of drug-likeness (QED) is 0.804. The molecule has 2 atom stereocenters. The molecule has 0 saturated carbocycles. The van der Waals surface area contributed by atoms with Crippen LogP contribution in [0.2, 0.25) is 0 Å². The minimum absolute atomic E-state index is 0. The van der Waals surface area contributed by atoms with Crippen molar-refractivity contribution in [3.8, 4) is 0 Å². The predicted molar refractivity (Wildman–Crippen MR) is 79.4 cm³/mol. The van der Waals surface area contributed by atoms with Gasteiger partial charge in [0.2, 0.25) is 11.9 Å². The van der Waals surface area contributed by atoms with Crippen molar-refractivity contribution >= 4 is 35.3 Å². The Balaban J connectivity index is 0.00000180. The second-order valence-electron chi connectivity index (χ2n) is 4.50. The third-order valence-electron chi connectivity index (χ3n) is 3.19. The zero-order valence-corrected chi connectivity index (χ0v) is 11.8. The molecule has 0 spiro atoms. The summed E-state index contributed by atoms with van der Waals surface area (Å²) in [5.74, 6) is 0.387. The minimum atomic E-state index is -0.511. The molecule has 104 valence electrons. The van der Waals surface area contributed by atoms with Crippen molar-refractivity contribution in [1.82, 2.24) is 9.97 Å². The van der Waals surface area contributed by atoms with Crippen LogP contribution in [0.3, 0.4) is 0 Å². The number of imidazole rings is 1. The lowest BCUT2D eigenvalue weighted by Crippen LogP contribution is -2.40. The molecule has 0 saturated heterocycles. The number of hydrogen-bond acceptors (Lipinski definition) is 3. The molecule has 1 aromatic heterocycles. The maximum Gasteiger partial charge on any atom is 0.243 e. The Morgan fingerprint density at radius 3 is 2.79 bits per heavy atom. The van der Waals surface area contributed by atoms with Gasteiger partial charge in [0, 0.05) is 0 Å². The Labute approximate surface area is 118 Å². The number of rotatable bonds is 4. The van der Waals surface area contributed by atoms with E-state index in [-0.39, 0.29) is 24.2 Å². The van der Waals surface area contributed by atoms with Crippen LogP contribution in [0.4, 0.5) is 5.95 Å². The van der Waals surface area contributed by atoms with Gasteiger partial charge < -0.3 is 10.7 Å². The largest absolute Gasteiger partial charge is 0.324 e. The molecular formula is C13H19ClN4O. The SMILES string of the molecule is CCC(C)C(N)C(=O)Nc1nc2ccccc2[nH]1.Cl. The molecule has 1 aromatic carbocycles. The summed E-state index contributed by atoms with van der Waals surface area (Å²) < 4.78 is 0. The number of H-pyrrole nitrogens is 1. The number of para-hydroxylation sites is 2. The van der Waals surface area contributed by atoms with E-state index < -0.39 is 6.04 Å². The van der Waals surface area contributed by atoms with E-state index in [2.05, 4.69) is 15.3 Å². The molecule has 0 aliphatic heterocycles. The fraction of sp³-hybridized carbons (Fsp3) is 0.385. The summed E-state index contributed by atoms with van der Waals surface area (Å²) in [4.78, 5) is 19.2. The van der Waals surface area contributed by atoms with Crippen molar-refractivity contribution in [3.63, 3.8) is 0 Å². The molecule has 5 nitrogen and oxygen atoms in total. The fourth-order valence-corrected chi connectivity index (χ4v) is 1.72. The van der Waals surface area contributed by atoms with E-state index in [0.717, 1.165) is 17.5 Å². The summed E-state index contributed by atoms with van der Waals surface area (Å²) in [6, 6.07) is 7.10. The number of carbonyl (C=O) groups is 1. The van der Waals surface area contributed by atoms with Gasteiger partial charge in [-0.2, -0.15) is 0 Å². The van der Waals surface area contributed by atoms with Gasteiger partial charge in [-0.25, -0.2) is 4.98 Å². The molecule has 2 aromatic rings. The van der Waals surface area contributed by atoms with Crippen molar-refractivity contribution in [2.75, 3.05) is 5.32 Å². The molecule has 4 N–H and O–H groups in total. The normalized spacial score (nSPS) is 13.6. The molecular weight excluding hydrogens is 264 g/mol. The first-order valence-electron chi connectivity index (χ1n) is 6.13. The maximum absolute atomic E-state index is 11.9. The average Bonchev–Trinajstić information content (AvgIpc) is 2.78. The molecule has 0 aliphatic carbocycles. The van der Waals surface area contributed by atoms with Gasteiger partial charge in [0.05, 0.1) is 17.1 Å². The molecule has 2 unspecified atom stereocenters. The highest BCUT2D eigenvalue weighted by Gasteiger charge is 2.20. The van der Waals surface area contributed by atoms with E-state index in [0.29, 0.717) is 5.95 Å². The summed E-state index contributed by atoms with van der Waals surface area (Å²) in [5.41, 5.74) is 7.58. The molecule has 0 bridgehead atoms. The molecule has 1 amide bonds. The molecule has 1 heterocycles. The predicted octanol–water partition coefficient (Wildman–Crippen LogP) is 2.30. The Morgan fingerprint density at radius 2 is 2.16 bits per heavy atom. The summed E-state index contributed by atoms with van der Waals surface area (Å²) in [5, 5.41) is 2.72. The molecule has 0 fully saturated rings. The van der Waals surface area contributed by atoms with Crippen molar-refractivity contribution in [2.24, 2.45) is 11.7 Å². The Kier molecular flexibility index (Phi) is 5.32. The molecule has 0 aliphatic rings. The number of aromatic amines is 1. The standard InChI is InChI=1S/C13H18N4O.ClH/c1-3-8(2)11(14)12(18)17-13-15-9-6-4-5-7-10(9)16-13;/h4-8,11H,3,14H2,1-2H3,(H2,15,16,17,18);1H. The number of fused-ring (bicyclic) bond motifs is 1. The van der Waals surface area contributed by atoms with Crippen LogP contribution in [0.5, 0.6) is 0 Å². The lowest BCUT2D eigenvalue weighted by molar-refractivity contribution is -0.118. The summed E-state index contributed by atoms with van der Waals surface area (Å²) >= 11 is 0. The Morgan fingerprint density at radius 1 is 1.47 bits per heavy atom. The van der Waals surface area contributed by atoms with E-state index >= 15 is 0 Å². The highest BCUT2D eigenvalue weighted by molar-refractivity contribution is 5.94. The van der Waals surface area contributed by atoms with Gasteiger partial charge in [-0.05, 0) is 18.1 Å². The van der Waals surface area contributed by atoms with Crippen LogP contribution in [-0.4, -0.2) is 21.9 Å². The van der Waals surface area contributed by atoms with Gasteiger partial charge in [0.1, 0.15) is 0 Å². The number of nitrogens with zero attached hydrogens (tertiary/aromatic N) is 1. The highest BCUT2D eigenvalue weighted by atomic mass is 35.5. The maximum atomic E-state index is 11.9. The van der Waals surface area contributed by atoms with Crippen LogP contribution in [0.15, 0.2) is 24.3 Å². The summed E-state index contributed by atoms with van der Waals surface area (Å²) in [6.45, 7) is 3.97. The first-order valence-corrected chi connectivity index (χ1v) is 6.13. The summed E-state index contributed by atoms with van der Waals surface area (Å²) in [6.07, 6.45) is 0.870. The van der Waals surface area contributed by atoms with Gasteiger partial charge >= 0.3 is 0 Å². The number of nitrogens with one attached hydrogen (secondary N) is 2. The third-order valence-corrected chi connectivity index (χ3v) is 3.19. The van der Waals surface area contributed by atoms with Gasteiger partial charge in [-0.1, -0.05) is 32.4 Å². The lowest BCUT2D eigenvalue weighted by Gasteiger charge is -2.16. The number of aromatic nitrogens is 2. The van der Waals surface area contributed by atoms with Crippen LogP contribution in [0.25, 0.3) is 11.0 Å². The fourth-order valence-electron chi connectivity index (χ4n) is 1.72. The average molecular weight is 283 g/mol. The second kappa shape index (κ2) is 6.54. The van der Waals surface area contributed by atoms with Crippen LogP contribution in [-0.2, 0) is 4.79 Å². The molecule has 2 rings (SSSR count). The first kappa shape index (κ1) is 15.5. The number of anilines is 1. The zero-order chi connectivity index (χ0) is 13.1. The van der Waals surface area contributed by atoms with Gasteiger partial charge in [0.15, 0.2) is 0 Å². The number of halogens is 1. The zero-order valence-electron chi connectivity index (χ0n) is 11.0. The van der Waals surface area contributed by atoms with Gasteiger partial charge in [0.25, 0.3) is 0 Å². The van der Waals surface area contributed by atoms with Crippen molar-refractivity contribution in [2.45, 2.75) is 26.3 Å². The summed E-state index contributed by atoms with van der Waals surface area (Å²) in [7, 11) is 0. The van der Waals surface area contributed by atoms with E-state index in [1.807, 2.05) is 38.1 Å². The Hall–Kier alpha value is -1.59. The van der Waals surface area contributed by atoms with Crippen LogP contribution < -0.4 is 11.1 Å². The number of hydrogen-bond donors (Lipinski definition) is 3. The van der Waals surface area contributed by atoms with Gasteiger partial charge in [-0.15, -0.1) is 12.4 Å². The molecule has 0 radical (unpaired) electrons. The molecule has 6 heteroatoms. The topological polar surface area (TPSA) is 83.8 Å². The Bertz CT molecular complexity index is 521. The second-order valence-corrected chi connectivity index (χ2v) is 4.50. The van der Waals surface area contributed by atoms with E-state index in [4.69, 9.17) is 5.73 Å². The van der Waals surface area contributed by atoms with Crippen LogP contribution >= 0.6 is 12.4 Å². The van der Waals surface area contributed by atoms with Crippen LogP contribution in [0, 0.1) is 5.92 Å². The van der Waals surface area contributed by atoms with Crippen molar-refractivity contribution in [3.05, 3.63) is 24.3 Å². The minimum Gasteiger partial charge on any atom is -0.324 e. The van der Waals surface area contributed by atoms with E-state index in [1.54, 1.807) is 0 Å². The van der Waals surface area contributed by atoms with Crippen LogP contribution in [0.1, 0.15) is 20.3 Å². The number of carbonyl (C=O) groups excluding carboxylic acids is 1. The number of amides is 1.